The molecule has 1 aromatic rings. The molecule has 5 nitrogen and oxygen atoms in total. The Balaban J connectivity index is 2.75. The van der Waals surface area contributed by atoms with Crippen molar-refractivity contribution >= 4 is 23.8 Å². The van der Waals surface area contributed by atoms with Crippen molar-refractivity contribution in [3.63, 3.8) is 0 Å². The SMILES string of the molecule is CCCCSC(Cc1ccccc1)CC(NC(=O)O)C(=O)OC. The summed E-state index contributed by atoms with van der Waals surface area (Å²) in [7, 11) is 1.27. The molecule has 0 spiro atoms. The summed E-state index contributed by atoms with van der Waals surface area (Å²) in [5, 5.41) is 11.3. The highest BCUT2D eigenvalue weighted by Crippen LogP contribution is 2.23. The van der Waals surface area contributed by atoms with E-state index >= 15 is 0 Å². The summed E-state index contributed by atoms with van der Waals surface area (Å²) in [6.45, 7) is 2.13. The number of carboxylic acid groups (broad SMARTS) is 1. The molecule has 2 atom stereocenters. The Morgan fingerprint density at radius 1 is 1.30 bits per heavy atom. The number of carbonyl (C=O) groups excluding carboxylic acids is 1. The van der Waals surface area contributed by atoms with Gasteiger partial charge in [-0.05, 0) is 30.6 Å². The second-order valence-corrected chi connectivity index (χ2v) is 6.71. The fraction of sp³-hybridized carbons (Fsp3) is 0.529. The van der Waals surface area contributed by atoms with Gasteiger partial charge in [-0.2, -0.15) is 11.8 Å². The maximum Gasteiger partial charge on any atom is 0.405 e. The molecule has 1 amide bonds. The molecule has 2 N–H and O–H groups in total. The van der Waals surface area contributed by atoms with E-state index in [9.17, 15) is 9.59 Å². The second-order valence-electron chi connectivity index (χ2n) is 5.30. The molecular weight excluding hydrogens is 314 g/mol. The van der Waals surface area contributed by atoms with Gasteiger partial charge in [0.05, 0.1) is 7.11 Å². The van der Waals surface area contributed by atoms with Crippen molar-refractivity contribution in [2.75, 3.05) is 12.9 Å². The summed E-state index contributed by atoms with van der Waals surface area (Å²) in [4.78, 5) is 22.7. The quantitative estimate of drug-likeness (QED) is 0.505. The minimum absolute atomic E-state index is 0.153. The molecule has 0 aliphatic heterocycles. The summed E-state index contributed by atoms with van der Waals surface area (Å²) in [6, 6.07) is 9.19. The number of ether oxygens (including phenoxy) is 1. The van der Waals surface area contributed by atoms with Gasteiger partial charge in [-0.3, -0.25) is 0 Å². The molecule has 128 valence electrons. The largest absolute Gasteiger partial charge is 0.467 e. The Hall–Kier alpha value is -1.69. The van der Waals surface area contributed by atoms with Gasteiger partial charge in [-0.25, -0.2) is 9.59 Å². The summed E-state index contributed by atoms with van der Waals surface area (Å²) < 4.78 is 4.72. The predicted molar refractivity (Wildman–Crippen MR) is 92.9 cm³/mol. The number of unbranched alkanes of at least 4 members (excludes halogenated alkanes) is 1. The molecule has 0 heterocycles. The molecule has 2 unspecified atom stereocenters. The van der Waals surface area contributed by atoms with Crippen LogP contribution in [-0.4, -0.2) is 41.3 Å². The van der Waals surface area contributed by atoms with Crippen LogP contribution >= 0.6 is 11.8 Å². The highest BCUT2D eigenvalue weighted by atomic mass is 32.2. The van der Waals surface area contributed by atoms with Crippen LogP contribution in [0.25, 0.3) is 0 Å². The zero-order valence-electron chi connectivity index (χ0n) is 13.7. The van der Waals surface area contributed by atoms with Crippen LogP contribution in [0.4, 0.5) is 4.79 Å². The number of hydrogen-bond donors (Lipinski definition) is 2. The first-order valence-electron chi connectivity index (χ1n) is 7.79. The van der Waals surface area contributed by atoms with Gasteiger partial charge in [-0.1, -0.05) is 43.7 Å². The molecule has 1 aromatic carbocycles. The second kappa shape index (κ2) is 10.9. The molecule has 1 rings (SSSR count). The zero-order chi connectivity index (χ0) is 17.1. The third-order valence-corrected chi connectivity index (χ3v) is 4.79. The summed E-state index contributed by atoms with van der Waals surface area (Å²) in [5.41, 5.74) is 1.18. The van der Waals surface area contributed by atoms with Crippen molar-refractivity contribution in [3.05, 3.63) is 35.9 Å². The van der Waals surface area contributed by atoms with Crippen molar-refractivity contribution in [2.24, 2.45) is 0 Å². The van der Waals surface area contributed by atoms with E-state index in [0.717, 1.165) is 25.0 Å². The fourth-order valence-corrected chi connectivity index (χ4v) is 3.68. The zero-order valence-corrected chi connectivity index (χ0v) is 14.5. The van der Waals surface area contributed by atoms with Gasteiger partial charge in [-0.15, -0.1) is 0 Å². The van der Waals surface area contributed by atoms with E-state index < -0.39 is 18.1 Å². The van der Waals surface area contributed by atoms with Crippen LogP contribution in [0.3, 0.4) is 0 Å². The van der Waals surface area contributed by atoms with Gasteiger partial charge in [0.2, 0.25) is 0 Å². The molecule has 0 saturated carbocycles. The third-order valence-electron chi connectivity index (χ3n) is 3.44. The van der Waals surface area contributed by atoms with Gasteiger partial charge in [0.25, 0.3) is 0 Å². The summed E-state index contributed by atoms with van der Waals surface area (Å²) in [5.74, 6) is 0.455. The minimum atomic E-state index is -1.21. The van der Waals surface area contributed by atoms with Gasteiger partial charge < -0.3 is 15.2 Å². The van der Waals surface area contributed by atoms with Crippen LogP contribution in [0.5, 0.6) is 0 Å². The Labute approximate surface area is 141 Å². The Kier molecular flexibility index (Phi) is 9.21. The van der Waals surface area contributed by atoms with Crippen LogP contribution < -0.4 is 5.32 Å². The van der Waals surface area contributed by atoms with E-state index in [2.05, 4.69) is 12.2 Å². The van der Waals surface area contributed by atoms with Crippen molar-refractivity contribution in [2.45, 2.75) is 43.9 Å². The summed E-state index contributed by atoms with van der Waals surface area (Å²) in [6.07, 6.45) is 2.22. The average molecular weight is 339 g/mol. The van der Waals surface area contributed by atoms with Crippen LogP contribution in [0.2, 0.25) is 0 Å². The van der Waals surface area contributed by atoms with Crippen molar-refractivity contribution in [1.29, 1.82) is 0 Å². The highest BCUT2D eigenvalue weighted by Gasteiger charge is 2.25. The normalized spacial score (nSPS) is 13.1. The van der Waals surface area contributed by atoms with E-state index in [4.69, 9.17) is 9.84 Å². The number of hydrogen-bond acceptors (Lipinski definition) is 4. The van der Waals surface area contributed by atoms with E-state index in [-0.39, 0.29) is 5.25 Å². The average Bonchev–Trinajstić information content (AvgIpc) is 2.54. The Morgan fingerprint density at radius 3 is 2.57 bits per heavy atom. The molecule has 0 saturated heterocycles. The number of esters is 1. The number of nitrogens with one attached hydrogen (secondary N) is 1. The van der Waals surface area contributed by atoms with E-state index in [1.54, 1.807) is 11.8 Å². The molecule has 23 heavy (non-hydrogen) atoms. The van der Waals surface area contributed by atoms with Crippen molar-refractivity contribution < 1.29 is 19.4 Å². The molecule has 0 fully saturated rings. The number of carbonyl (C=O) groups is 2. The minimum Gasteiger partial charge on any atom is -0.467 e. The molecule has 6 heteroatoms. The molecule has 0 bridgehead atoms. The van der Waals surface area contributed by atoms with Gasteiger partial charge >= 0.3 is 12.1 Å². The molecule has 0 aromatic heterocycles. The fourth-order valence-electron chi connectivity index (χ4n) is 2.25. The van der Waals surface area contributed by atoms with E-state index in [1.165, 1.54) is 12.7 Å². The lowest BCUT2D eigenvalue weighted by atomic mass is 10.0. The maximum absolute atomic E-state index is 11.8. The first kappa shape index (κ1) is 19.4. The molecule has 0 radical (unpaired) electrons. The Morgan fingerprint density at radius 2 is 2.00 bits per heavy atom. The Bertz CT molecular complexity index is 481. The van der Waals surface area contributed by atoms with Crippen LogP contribution in [-0.2, 0) is 16.0 Å². The van der Waals surface area contributed by atoms with Crippen molar-refractivity contribution in [1.82, 2.24) is 5.32 Å². The van der Waals surface area contributed by atoms with E-state index in [1.807, 2.05) is 30.3 Å². The first-order valence-corrected chi connectivity index (χ1v) is 8.84. The summed E-state index contributed by atoms with van der Waals surface area (Å²) >= 11 is 1.78. The smallest absolute Gasteiger partial charge is 0.405 e. The number of benzene rings is 1. The lowest BCUT2D eigenvalue weighted by molar-refractivity contribution is -0.143. The van der Waals surface area contributed by atoms with Crippen LogP contribution in [0.1, 0.15) is 31.7 Å². The van der Waals surface area contributed by atoms with Crippen molar-refractivity contribution in [3.8, 4) is 0 Å². The number of rotatable bonds is 10. The predicted octanol–water partition coefficient (Wildman–Crippen LogP) is 3.33. The maximum atomic E-state index is 11.8. The standard InChI is InChI=1S/C17H25NO4S/c1-3-4-10-23-14(11-13-8-6-5-7-9-13)12-15(16(19)22-2)18-17(20)21/h5-9,14-15,18H,3-4,10-12H2,1-2H3,(H,20,21). The number of thioether (sulfide) groups is 1. The number of amides is 1. The van der Waals surface area contributed by atoms with E-state index in [0.29, 0.717) is 6.42 Å². The third kappa shape index (κ3) is 7.93. The van der Waals surface area contributed by atoms with Gasteiger partial charge in [0.1, 0.15) is 6.04 Å². The van der Waals surface area contributed by atoms with Crippen LogP contribution in [0, 0.1) is 0 Å². The monoisotopic (exact) mass is 339 g/mol. The first-order chi connectivity index (χ1) is 11.1. The molecule has 0 aliphatic rings. The topological polar surface area (TPSA) is 75.6 Å². The van der Waals surface area contributed by atoms with Gasteiger partial charge in [0.15, 0.2) is 0 Å². The molecule has 0 aliphatic carbocycles. The highest BCUT2D eigenvalue weighted by molar-refractivity contribution is 7.99. The van der Waals surface area contributed by atoms with Crippen LogP contribution in [0.15, 0.2) is 30.3 Å². The molecular formula is C17H25NO4S. The lowest BCUT2D eigenvalue weighted by Gasteiger charge is -2.22. The van der Waals surface area contributed by atoms with Gasteiger partial charge in [0, 0.05) is 5.25 Å². The number of methoxy groups -OCH3 is 1. The lowest BCUT2D eigenvalue weighted by Crippen LogP contribution is -2.42.